The smallest absolute Gasteiger partial charge is 0.323 e. The van der Waals surface area contributed by atoms with Gasteiger partial charge in [0, 0.05) is 7.11 Å². The van der Waals surface area contributed by atoms with Crippen molar-refractivity contribution in [3.63, 3.8) is 0 Å². The van der Waals surface area contributed by atoms with Crippen molar-refractivity contribution in [3.8, 4) is 0 Å². The van der Waals surface area contributed by atoms with Crippen LogP contribution in [0.15, 0.2) is 18.5 Å². The Bertz CT molecular complexity index is 970. The van der Waals surface area contributed by atoms with E-state index in [0.29, 0.717) is 5.52 Å². The van der Waals surface area contributed by atoms with E-state index in [0.717, 1.165) is 26.3 Å². The molecule has 0 aliphatic rings. The Hall–Kier alpha value is -2.15. The summed E-state index contributed by atoms with van der Waals surface area (Å²) in [5.41, 5.74) is 6.16. The molecule has 192 valence electrons. The lowest BCUT2D eigenvalue weighted by Gasteiger charge is -2.35. The minimum absolute atomic E-state index is 0.0426. The third-order valence-corrected chi connectivity index (χ3v) is 6.86. The predicted molar refractivity (Wildman–Crippen MR) is 122 cm³/mol. The predicted octanol–water partition coefficient (Wildman–Crippen LogP) is 1.38. The molecule has 5 atom stereocenters. The highest BCUT2D eigenvalue weighted by Gasteiger charge is 2.47. The third-order valence-electron chi connectivity index (χ3n) is 5.66. The second-order valence-electron chi connectivity index (χ2n) is 7.81. The van der Waals surface area contributed by atoms with E-state index in [1.54, 1.807) is 0 Å². The number of nitrogens with two attached hydrogens (primary N) is 1. The summed E-state index contributed by atoms with van der Waals surface area (Å²) in [5.74, 6) is -2.83. The molecule has 5 N–H and O–H groups in total. The zero-order chi connectivity index (χ0) is 25.5. The number of alkyl halides is 1. The average Bonchev–Trinajstić information content (AvgIpc) is 3.27. The molecule has 2 aromatic rings. The number of hydrogen-bond donors (Lipinski definition) is 4. The molecule has 1 unspecified atom stereocenters. The van der Waals surface area contributed by atoms with Crippen molar-refractivity contribution >= 4 is 25.5 Å². The minimum Gasteiger partial charge on any atom is -0.464 e. The molecule has 2 aromatic heterocycles. The van der Waals surface area contributed by atoms with Crippen molar-refractivity contribution in [3.05, 3.63) is 24.2 Å². The van der Waals surface area contributed by atoms with Gasteiger partial charge in [0.25, 0.3) is 8.18 Å². The number of rotatable bonds is 14. The number of methoxy groups -OCH3 is 1. The van der Waals surface area contributed by atoms with E-state index in [1.165, 1.54) is 23.6 Å². The number of nitrogen functional groups attached to an aromatic ring is 1. The number of fused-ring (bicyclic) bond motifs is 1. The number of carbonyl (C=O) groups is 1. The summed E-state index contributed by atoms with van der Waals surface area (Å²) in [7, 11) is -2.32. The molecular formula is C20H33FN5O7P. The zero-order valence-electron chi connectivity index (χ0n) is 19.6. The summed E-state index contributed by atoms with van der Waals surface area (Å²) in [4.78, 5) is 16.0. The standard InChI is InChI=1S/C20H33FN5O7P/c1-5-13(6-2)9-32-19(29)12(3)25-34(30)33-20(10-21,31-4)17(28)16(27)14-7-8-15-18(22)23-11-24-26(14)15/h7-8,11-13,16-17,27-28,34H,5-6,9-10H2,1-4H3,(H,25,30)(H2,22,23,24)/t12-,16-,17-,20+/m0/s1. The van der Waals surface area contributed by atoms with E-state index in [9.17, 15) is 24.0 Å². The number of aliphatic hydroxyl groups excluding tert-OH is 2. The van der Waals surface area contributed by atoms with Crippen LogP contribution in [0.3, 0.4) is 0 Å². The van der Waals surface area contributed by atoms with Gasteiger partial charge in [-0.3, -0.25) is 13.9 Å². The Labute approximate surface area is 197 Å². The molecule has 0 radical (unpaired) electrons. The van der Waals surface area contributed by atoms with Gasteiger partial charge in [0.15, 0.2) is 5.82 Å². The van der Waals surface area contributed by atoms with Crippen LogP contribution >= 0.6 is 8.18 Å². The number of aromatic nitrogens is 3. The monoisotopic (exact) mass is 505 g/mol. The van der Waals surface area contributed by atoms with Crippen molar-refractivity contribution in [2.45, 2.75) is 57.6 Å². The molecule has 0 amide bonds. The van der Waals surface area contributed by atoms with Gasteiger partial charge in [0.05, 0.1) is 12.3 Å². The Morgan fingerprint density at radius 2 is 2.03 bits per heavy atom. The molecule has 2 rings (SSSR count). The van der Waals surface area contributed by atoms with Gasteiger partial charge in [-0.2, -0.15) is 5.10 Å². The first-order valence-corrected chi connectivity index (χ1v) is 12.2. The van der Waals surface area contributed by atoms with E-state index in [4.69, 9.17) is 19.7 Å². The Morgan fingerprint density at radius 3 is 2.62 bits per heavy atom. The molecular weight excluding hydrogens is 472 g/mol. The van der Waals surface area contributed by atoms with Crippen molar-refractivity contribution in [1.82, 2.24) is 19.7 Å². The summed E-state index contributed by atoms with van der Waals surface area (Å²) in [6.45, 7) is 4.13. The topological polar surface area (TPSA) is 171 Å². The first kappa shape index (κ1) is 28.1. The number of halogens is 1. The average molecular weight is 505 g/mol. The number of nitrogens with one attached hydrogen (secondary N) is 1. The van der Waals surface area contributed by atoms with Gasteiger partial charge in [0.2, 0.25) is 5.79 Å². The van der Waals surface area contributed by atoms with Crippen LogP contribution in [0.5, 0.6) is 0 Å². The van der Waals surface area contributed by atoms with Crippen LogP contribution < -0.4 is 10.8 Å². The maximum Gasteiger partial charge on any atom is 0.323 e. The molecule has 2 heterocycles. The molecule has 0 saturated heterocycles. The number of aliphatic hydroxyl groups is 2. The number of anilines is 1. The fourth-order valence-electron chi connectivity index (χ4n) is 3.25. The maximum atomic E-state index is 14.1. The van der Waals surface area contributed by atoms with E-state index in [-0.39, 0.29) is 24.0 Å². The van der Waals surface area contributed by atoms with Crippen molar-refractivity contribution in [2.75, 3.05) is 26.1 Å². The number of carbonyl (C=O) groups excluding carboxylic acids is 1. The van der Waals surface area contributed by atoms with E-state index in [2.05, 4.69) is 15.2 Å². The van der Waals surface area contributed by atoms with Crippen molar-refractivity contribution < 1.29 is 38.0 Å². The lowest BCUT2D eigenvalue weighted by atomic mass is 10.0. The van der Waals surface area contributed by atoms with Crippen molar-refractivity contribution in [2.24, 2.45) is 5.92 Å². The molecule has 0 spiro atoms. The molecule has 12 nitrogen and oxygen atoms in total. The van der Waals surface area contributed by atoms with Gasteiger partial charge in [-0.15, -0.1) is 0 Å². The quantitative estimate of drug-likeness (QED) is 0.166. The number of esters is 1. The van der Waals surface area contributed by atoms with E-state index < -0.39 is 44.9 Å². The van der Waals surface area contributed by atoms with Gasteiger partial charge in [-0.25, -0.2) is 19.0 Å². The zero-order valence-corrected chi connectivity index (χ0v) is 20.6. The Balaban J connectivity index is 2.11. The van der Waals surface area contributed by atoms with Gasteiger partial charge < -0.3 is 25.4 Å². The molecule has 0 fully saturated rings. The second kappa shape index (κ2) is 12.5. The number of nitrogens with zero attached hydrogens (tertiary/aromatic N) is 3. The maximum absolute atomic E-state index is 14.1. The molecule has 0 aliphatic heterocycles. The highest BCUT2D eigenvalue weighted by Crippen LogP contribution is 2.36. The van der Waals surface area contributed by atoms with Crippen LogP contribution in [0, 0.1) is 5.92 Å². The third kappa shape index (κ3) is 6.29. The highest BCUT2D eigenvalue weighted by molar-refractivity contribution is 7.36. The minimum atomic E-state index is -3.35. The van der Waals surface area contributed by atoms with Gasteiger partial charge >= 0.3 is 5.97 Å². The fraction of sp³-hybridized carbons (Fsp3) is 0.650. The second-order valence-corrected chi connectivity index (χ2v) is 8.88. The lowest BCUT2D eigenvalue weighted by Crippen LogP contribution is -2.51. The molecule has 0 aliphatic carbocycles. The fourth-order valence-corrected chi connectivity index (χ4v) is 4.36. The molecule has 0 aromatic carbocycles. The summed E-state index contributed by atoms with van der Waals surface area (Å²) >= 11 is 0. The number of hydrogen-bond acceptors (Lipinski definition) is 10. The van der Waals surface area contributed by atoms with E-state index >= 15 is 0 Å². The molecule has 34 heavy (non-hydrogen) atoms. The van der Waals surface area contributed by atoms with Crippen LogP contribution in [-0.4, -0.2) is 69.1 Å². The largest absolute Gasteiger partial charge is 0.464 e. The van der Waals surface area contributed by atoms with Gasteiger partial charge in [-0.05, 0) is 25.0 Å². The normalized spacial score (nSPS) is 17.3. The first-order valence-electron chi connectivity index (χ1n) is 10.8. The van der Waals surface area contributed by atoms with Crippen LogP contribution in [-0.2, 0) is 23.4 Å². The first-order chi connectivity index (χ1) is 16.1. The number of ether oxygens (including phenoxy) is 2. The van der Waals surface area contributed by atoms with Gasteiger partial charge in [0.1, 0.15) is 36.8 Å². The van der Waals surface area contributed by atoms with Crippen molar-refractivity contribution in [1.29, 1.82) is 0 Å². The Kier molecular flexibility index (Phi) is 10.3. The summed E-state index contributed by atoms with van der Waals surface area (Å²) in [5, 5.41) is 27.8. The Morgan fingerprint density at radius 1 is 1.35 bits per heavy atom. The van der Waals surface area contributed by atoms with E-state index in [1.807, 2.05) is 13.8 Å². The molecule has 0 saturated carbocycles. The van der Waals surface area contributed by atoms with Crippen LogP contribution in [0.1, 0.15) is 45.4 Å². The van der Waals surface area contributed by atoms with Gasteiger partial charge in [-0.1, -0.05) is 26.7 Å². The molecule has 14 heteroatoms. The van der Waals surface area contributed by atoms with Crippen LogP contribution in [0.2, 0.25) is 0 Å². The summed E-state index contributed by atoms with van der Waals surface area (Å²) in [6, 6.07) is 1.88. The van der Waals surface area contributed by atoms with Crippen LogP contribution in [0.4, 0.5) is 10.2 Å². The SMILES string of the molecule is CCC(CC)COC(=O)[C@H](C)N[PH](=O)O[C@@](CF)(OC)[C@@H](O)[C@@H](O)c1ccc2c(N)ncnn12. The molecule has 0 bridgehead atoms. The summed E-state index contributed by atoms with van der Waals surface area (Å²) < 4.78 is 43.3. The van der Waals surface area contributed by atoms with Crippen LogP contribution in [0.25, 0.3) is 5.52 Å². The lowest BCUT2D eigenvalue weighted by molar-refractivity contribution is -0.252. The summed E-state index contributed by atoms with van der Waals surface area (Å²) in [6.07, 6.45) is -0.983. The highest BCUT2D eigenvalue weighted by atomic mass is 31.1.